The molecule has 4 nitrogen and oxygen atoms in total. The first-order valence-corrected chi connectivity index (χ1v) is 6.64. The Morgan fingerprint density at radius 3 is 2.55 bits per heavy atom. The average molecular weight is 310 g/mol. The van der Waals surface area contributed by atoms with Gasteiger partial charge in [-0.25, -0.2) is 4.98 Å². The molecule has 0 saturated heterocycles. The van der Waals surface area contributed by atoms with Crippen LogP contribution in [0.2, 0.25) is 10.2 Å². The van der Waals surface area contributed by atoms with Gasteiger partial charge < -0.3 is 10.2 Å². The van der Waals surface area contributed by atoms with E-state index in [9.17, 15) is 4.79 Å². The van der Waals surface area contributed by atoms with Gasteiger partial charge in [0.05, 0.1) is 10.7 Å². The number of amides is 1. The normalized spacial score (nSPS) is 10.2. The van der Waals surface area contributed by atoms with Crippen LogP contribution >= 0.6 is 23.2 Å². The molecule has 1 N–H and O–H groups in total. The minimum Gasteiger partial charge on any atom is -0.363 e. The van der Waals surface area contributed by atoms with Crippen molar-refractivity contribution >= 4 is 40.6 Å². The molecule has 2 rings (SSSR count). The number of nitrogens with zero attached hydrogens (tertiary/aromatic N) is 2. The van der Waals surface area contributed by atoms with E-state index in [-0.39, 0.29) is 11.1 Å². The number of carbonyl (C=O) groups excluding carboxylic acids is 1. The summed E-state index contributed by atoms with van der Waals surface area (Å²) in [5.41, 5.74) is 0.979. The van der Waals surface area contributed by atoms with Crippen molar-refractivity contribution in [1.29, 1.82) is 0 Å². The SMILES string of the molecule is CN(C)c1cc(C(=O)Nc2ccccc2Cl)cc(Cl)n1. The fourth-order valence-corrected chi connectivity index (χ4v) is 1.99. The van der Waals surface area contributed by atoms with E-state index in [1.165, 1.54) is 6.07 Å². The van der Waals surface area contributed by atoms with E-state index in [0.717, 1.165) is 0 Å². The number of carbonyl (C=O) groups is 1. The van der Waals surface area contributed by atoms with Gasteiger partial charge in [-0.3, -0.25) is 4.79 Å². The van der Waals surface area contributed by atoms with E-state index in [1.54, 1.807) is 35.2 Å². The van der Waals surface area contributed by atoms with Crippen molar-refractivity contribution in [2.24, 2.45) is 0 Å². The van der Waals surface area contributed by atoms with Gasteiger partial charge >= 0.3 is 0 Å². The molecular formula is C14H13Cl2N3O. The predicted molar refractivity (Wildman–Crippen MR) is 83.0 cm³/mol. The van der Waals surface area contributed by atoms with E-state index in [4.69, 9.17) is 23.2 Å². The first-order valence-electron chi connectivity index (χ1n) is 5.88. The Balaban J connectivity index is 2.28. The zero-order valence-electron chi connectivity index (χ0n) is 11.0. The molecule has 0 radical (unpaired) electrons. The van der Waals surface area contributed by atoms with Crippen LogP contribution in [-0.4, -0.2) is 25.0 Å². The highest BCUT2D eigenvalue weighted by Crippen LogP contribution is 2.22. The Morgan fingerprint density at radius 2 is 1.90 bits per heavy atom. The topological polar surface area (TPSA) is 45.2 Å². The van der Waals surface area contributed by atoms with Gasteiger partial charge in [0.1, 0.15) is 11.0 Å². The number of aromatic nitrogens is 1. The van der Waals surface area contributed by atoms with Crippen LogP contribution in [0.5, 0.6) is 0 Å². The molecule has 104 valence electrons. The highest BCUT2D eigenvalue weighted by molar-refractivity contribution is 6.34. The van der Waals surface area contributed by atoms with Crippen LogP contribution in [0.3, 0.4) is 0 Å². The molecule has 2 aromatic rings. The van der Waals surface area contributed by atoms with Crippen LogP contribution in [0.1, 0.15) is 10.4 Å². The Hall–Kier alpha value is -1.78. The largest absolute Gasteiger partial charge is 0.363 e. The number of benzene rings is 1. The molecule has 1 amide bonds. The molecule has 20 heavy (non-hydrogen) atoms. The number of hydrogen-bond acceptors (Lipinski definition) is 3. The Kier molecular flexibility index (Phi) is 4.47. The number of rotatable bonds is 3. The lowest BCUT2D eigenvalue weighted by Gasteiger charge is -2.13. The summed E-state index contributed by atoms with van der Waals surface area (Å²) in [5.74, 6) is 0.326. The lowest BCUT2D eigenvalue weighted by Crippen LogP contribution is -2.15. The molecule has 0 saturated carbocycles. The Bertz CT molecular complexity index is 644. The summed E-state index contributed by atoms with van der Waals surface area (Å²) in [6.45, 7) is 0. The van der Waals surface area contributed by atoms with Gasteiger partial charge in [0.2, 0.25) is 0 Å². The van der Waals surface area contributed by atoms with Gasteiger partial charge in [0.25, 0.3) is 5.91 Å². The number of hydrogen-bond donors (Lipinski definition) is 1. The van der Waals surface area contributed by atoms with Crippen molar-refractivity contribution in [2.45, 2.75) is 0 Å². The second kappa shape index (κ2) is 6.11. The molecule has 0 fully saturated rings. The second-order valence-corrected chi connectivity index (χ2v) is 5.16. The molecule has 0 aliphatic carbocycles. The summed E-state index contributed by atoms with van der Waals surface area (Å²) in [7, 11) is 3.66. The van der Waals surface area contributed by atoms with Gasteiger partial charge in [-0.05, 0) is 24.3 Å². The molecule has 0 aliphatic rings. The number of halogens is 2. The summed E-state index contributed by atoms with van der Waals surface area (Å²) in [6, 6.07) is 10.2. The van der Waals surface area contributed by atoms with Crippen molar-refractivity contribution in [3.63, 3.8) is 0 Å². The fourth-order valence-electron chi connectivity index (χ4n) is 1.60. The molecule has 0 spiro atoms. The zero-order valence-corrected chi connectivity index (χ0v) is 12.5. The number of pyridine rings is 1. The van der Waals surface area contributed by atoms with Crippen LogP contribution in [0, 0.1) is 0 Å². The first-order chi connectivity index (χ1) is 9.47. The highest BCUT2D eigenvalue weighted by atomic mass is 35.5. The lowest BCUT2D eigenvalue weighted by molar-refractivity contribution is 0.102. The van der Waals surface area contributed by atoms with Gasteiger partial charge in [-0.2, -0.15) is 0 Å². The third kappa shape index (κ3) is 3.40. The fraction of sp³-hybridized carbons (Fsp3) is 0.143. The molecular weight excluding hydrogens is 297 g/mol. The van der Waals surface area contributed by atoms with Crippen LogP contribution in [0.25, 0.3) is 0 Å². The highest BCUT2D eigenvalue weighted by Gasteiger charge is 2.11. The minimum atomic E-state index is -0.287. The lowest BCUT2D eigenvalue weighted by atomic mass is 10.2. The maximum absolute atomic E-state index is 12.2. The van der Waals surface area contributed by atoms with Gasteiger partial charge in [0.15, 0.2) is 0 Å². The minimum absolute atomic E-state index is 0.264. The van der Waals surface area contributed by atoms with Crippen LogP contribution < -0.4 is 10.2 Å². The van der Waals surface area contributed by atoms with Crippen molar-refractivity contribution < 1.29 is 4.79 Å². The maximum atomic E-state index is 12.2. The van der Waals surface area contributed by atoms with Crippen molar-refractivity contribution in [1.82, 2.24) is 4.98 Å². The zero-order chi connectivity index (χ0) is 14.7. The third-order valence-corrected chi connectivity index (χ3v) is 3.15. The summed E-state index contributed by atoms with van der Waals surface area (Å²) in [6.07, 6.45) is 0. The monoisotopic (exact) mass is 309 g/mol. The predicted octanol–water partition coefficient (Wildman–Crippen LogP) is 3.71. The molecule has 6 heteroatoms. The molecule has 0 atom stereocenters. The van der Waals surface area contributed by atoms with E-state index >= 15 is 0 Å². The first kappa shape index (κ1) is 14.6. The third-order valence-electron chi connectivity index (χ3n) is 2.62. The second-order valence-electron chi connectivity index (χ2n) is 4.37. The number of nitrogens with one attached hydrogen (secondary N) is 1. The average Bonchev–Trinajstić information content (AvgIpc) is 2.40. The van der Waals surface area contributed by atoms with Crippen molar-refractivity contribution in [2.75, 3.05) is 24.3 Å². The van der Waals surface area contributed by atoms with Crippen molar-refractivity contribution in [3.8, 4) is 0 Å². The standard InChI is InChI=1S/C14H13Cl2N3O/c1-19(2)13-8-9(7-12(16)18-13)14(20)17-11-6-4-3-5-10(11)15/h3-8H,1-2H3,(H,17,20). The van der Waals surface area contributed by atoms with Crippen molar-refractivity contribution in [3.05, 3.63) is 52.1 Å². The van der Waals surface area contributed by atoms with E-state index < -0.39 is 0 Å². The summed E-state index contributed by atoms with van der Waals surface area (Å²) >= 11 is 11.9. The van der Waals surface area contributed by atoms with Crippen LogP contribution in [0.15, 0.2) is 36.4 Å². The van der Waals surface area contributed by atoms with E-state index in [0.29, 0.717) is 22.1 Å². The van der Waals surface area contributed by atoms with E-state index in [1.807, 2.05) is 14.1 Å². The molecule has 1 aromatic carbocycles. The van der Waals surface area contributed by atoms with Gasteiger partial charge in [0, 0.05) is 19.7 Å². The van der Waals surface area contributed by atoms with Crippen LogP contribution in [-0.2, 0) is 0 Å². The quantitative estimate of drug-likeness (QED) is 0.879. The molecule has 0 unspecified atom stereocenters. The molecule has 0 aliphatic heterocycles. The van der Waals surface area contributed by atoms with E-state index in [2.05, 4.69) is 10.3 Å². The molecule has 1 aromatic heterocycles. The maximum Gasteiger partial charge on any atom is 0.255 e. The Morgan fingerprint density at radius 1 is 1.20 bits per heavy atom. The smallest absolute Gasteiger partial charge is 0.255 e. The Labute approximate surface area is 127 Å². The summed E-state index contributed by atoms with van der Waals surface area (Å²) in [4.78, 5) is 18.1. The molecule has 0 bridgehead atoms. The number of para-hydroxylation sites is 1. The summed E-state index contributed by atoms with van der Waals surface area (Å²) in [5, 5.41) is 3.49. The summed E-state index contributed by atoms with van der Waals surface area (Å²) < 4.78 is 0. The van der Waals surface area contributed by atoms with Gasteiger partial charge in [-0.15, -0.1) is 0 Å². The number of anilines is 2. The van der Waals surface area contributed by atoms with Gasteiger partial charge in [-0.1, -0.05) is 35.3 Å². The van der Waals surface area contributed by atoms with Crippen LogP contribution in [0.4, 0.5) is 11.5 Å². The molecule has 1 heterocycles.